The van der Waals surface area contributed by atoms with Gasteiger partial charge in [-0.25, -0.2) is 0 Å². The van der Waals surface area contributed by atoms with Crippen molar-refractivity contribution in [3.63, 3.8) is 0 Å². The number of carbonyl (C=O) groups is 2. The third-order valence-electron chi connectivity index (χ3n) is 3.03. The number of benzene rings is 1. The van der Waals surface area contributed by atoms with Gasteiger partial charge in [-0.15, -0.1) is 0 Å². The number of piperazine rings is 1. The van der Waals surface area contributed by atoms with E-state index in [4.69, 9.17) is 0 Å². The Morgan fingerprint density at radius 1 is 1.29 bits per heavy atom. The van der Waals surface area contributed by atoms with Crippen molar-refractivity contribution in [1.29, 1.82) is 0 Å². The highest BCUT2D eigenvalue weighted by Gasteiger charge is 2.30. The molecule has 1 heterocycles. The lowest BCUT2D eigenvalue weighted by atomic mass is 10.1. The summed E-state index contributed by atoms with van der Waals surface area (Å²) in [5.41, 5.74) is 1.18. The summed E-state index contributed by atoms with van der Waals surface area (Å²) in [7, 11) is 0. The van der Waals surface area contributed by atoms with E-state index in [-0.39, 0.29) is 6.04 Å². The Bertz CT molecular complexity index is 417. The van der Waals surface area contributed by atoms with Gasteiger partial charge in [0.25, 0.3) is 0 Å². The summed E-state index contributed by atoms with van der Waals surface area (Å²) in [6, 6.07) is 10.0. The molecular weight excluding hydrogens is 216 g/mol. The van der Waals surface area contributed by atoms with Crippen molar-refractivity contribution >= 4 is 11.8 Å². The van der Waals surface area contributed by atoms with Crippen molar-refractivity contribution in [2.75, 3.05) is 13.1 Å². The van der Waals surface area contributed by atoms with Crippen molar-refractivity contribution < 1.29 is 9.59 Å². The molecule has 1 fully saturated rings. The smallest absolute Gasteiger partial charge is 0.312 e. The zero-order valence-electron chi connectivity index (χ0n) is 9.85. The summed E-state index contributed by atoms with van der Waals surface area (Å²) in [6.45, 7) is 3.08. The topological polar surface area (TPSA) is 49.4 Å². The van der Waals surface area contributed by atoms with E-state index >= 15 is 0 Å². The number of nitrogens with one attached hydrogen (secondary N) is 1. The Morgan fingerprint density at radius 3 is 2.71 bits per heavy atom. The lowest BCUT2D eigenvalue weighted by molar-refractivity contribution is -0.150. The summed E-state index contributed by atoms with van der Waals surface area (Å²) in [4.78, 5) is 24.6. The monoisotopic (exact) mass is 232 g/mol. The number of nitrogens with zero attached hydrogens (tertiary/aromatic N) is 1. The van der Waals surface area contributed by atoms with Gasteiger partial charge in [-0.3, -0.25) is 9.59 Å². The van der Waals surface area contributed by atoms with E-state index < -0.39 is 11.8 Å². The molecule has 0 aliphatic carbocycles. The highest BCUT2D eigenvalue weighted by atomic mass is 16.2. The first-order valence-corrected chi connectivity index (χ1v) is 5.81. The van der Waals surface area contributed by atoms with E-state index in [0.29, 0.717) is 13.1 Å². The molecule has 1 aliphatic heterocycles. The predicted molar refractivity (Wildman–Crippen MR) is 64.3 cm³/mol. The minimum atomic E-state index is -0.490. The van der Waals surface area contributed by atoms with Crippen molar-refractivity contribution in [3.8, 4) is 0 Å². The zero-order valence-corrected chi connectivity index (χ0v) is 9.85. The predicted octanol–water partition coefficient (Wildman–Crippen LogP) is 0.576. The highest BCUT2D eigenvalue weighted by molar-refractivity contribution is 6.35. The maximum absolute atomic E-state index is 11.7. The minimum absolute atomic E-state index is 0.0731. The summed E-state index contributed by atoms with van der Waals surface area (Å²) in [5, 5.41) is 2.58. The molecule has 0 spiro atoms. The van der Waals surface area contributed by atoms with Crippen LogP contribution in [0.1, 0.15) is 12.5 Å². The Morgan fingerprint density at radius 2 is 2.00 bits per heavy atom. The molecule has 1 N–H and O–H groups in total. The lowest BCUT2D eigenvalue weighted by Crippen LogP contribution is -2.57. The molecule has 1 aliphatic rings. The molecule has 2 amide bonds. The summed E-state index contributed by atoms with van der Waals surface area (Å²) < 4.78 is 0. The lowest BCUT2D eigenvalue weighted by Gasteiger charge is -2.32. The average Bonchev–Trinajstić information content (AvgIpc) is 2.35. The van der Waals surface area contributed by atoms with Gasteiger partial charge in [0, 0.05) is 19.1 Å². The van der Waals surface area contributed by atoms with Crippen molar-refractivity contribution in [2.45, 2.75) is 19.4 Å². The third-order valence-corrected chi connectivity index (χ3v) is 3.03. The molecule has 2 rings (SSSR count). The van der Waals surface area contributed by atoms with E-state index in [2.05, 4.69) is 5.32 Å². The fraction of sp³-hybridized carbons (Fsp3) is 0.385. The molecule has 0 aromatic heterocycles. The standard InChI is InChI=1S/C13H16N2O2/c1-10-9-14-12(16)13(17)15(10)8-7-11-5-3-2-4-6-11/h2-6,10H,7-9H2,1H3,(H,14,16)/t10-/m0/s1. The van der Waals surface area contributed by atoms with E-state index in [0.717, 1.165) is 6.42 Å². The first kappa shape index (κ1) is 11.6. The van der Waals surface area contributed by atoms with Crippen LogP contribution in [0.4, 0.5) is 0 Å². The van der Waals surface area contributed by atoms with Crippen LogP contribution in [-0.2, 0) is 16.0 Å². The van der Waals surface area contributed by atoms with Gasteiger partial charge in [0.05, 0.1) is 0 Å². The Hall–Kier alpha value is -1.84. The molecule has 17 heavy (non-hydrogen) atoms. The SMILES string of the molecule is C[C@H]1CNC(=O)C(=O)N1CCc1ccccc1. The third kappa shape index (κ3) is 2.64. The van der Waals surface area contributed by atoms with Gasteiger partial charge in [0.2, 0.25) is 0 Å². The van der Waals surface area contributed by atoms with Crippen LogP contribution in [0.25, 0.3) is 0 Å². The van der Waals surface area contributed by atoms with Gasteiger partial charge in [-0.05, 0) is 18.9 Å². The van der Waals surface area contributed by atoms with Crippen molar-refractivity contribution in [1.82, 2.24) is 10.2 Å². The largest absolute Gasteiger partial charge is 0.346 e. The van der Waals surface area contributed by atoms with E-state index in [1.165, 1.54) is 5.56 Å². The van der Waals surface area contributed by atoms with Crippen LogP contribution in [0.3, 0.4) is 0 Å². The molecule has 4 heteroatoms. The number of hydrogen-bond donors (Lipinski definition) is 1. The summed E-state index contributed by atoms with van der Waals surface area (Å²) >= 11 is 0. The van der Waals surface area contributed by atoms with Crippen LogP contribution in [0.5, 0.6) is 0 Å². The number of amides is 2. The van der Waals surface area contributed by atoms with Crippen molar-refractivity contribution in [3.05, 3.63) is 35.9 Å². The first-order valence-electron chi connectivity index (χ1n) is 5.81. The summed E-state index contributed by atoms with van der Waals surface area (Å²) in [5.74, 6) is -0.907. The molecule has 0 bridgehead atoms. The van der Waals surface area contributed by atoms with Gasteiger partial charge in [0.15, 0.2) is 0 Å². The van der Waals surface area contributed by atoms with Crippen LogP contribution in [-0.4, -0.2) is 35.8 Å². The van der Waals surface area contributed by atoms with E-state index in [9.17, 15) is 9.59 Å². The zero-order chi connectivity index (χ0) is 12.3. The molecular formula is C13H16N2O2. The second kappa shape index (κ2) is 4.99. The van der Waals surface area contributed by atoms with Gasteiger partial charge < -0.3 is 10.2 Å². The molecule has 1 atom stereocenters. The van der Waals surface area contributed by atoms with E-state index in [1.54, 1.807) is 4.90 Å². The Kier molecular flexibility index (Phi) is 3.42. The second-order valence-electron chi connectivity index (χ2n) is 4.29. The van der Waals surface area contributed by atoms with Crippen LogP contribution >= 0.6 is 0 Å². The number of carbonyl (C=O) groups excluding carboxylic acids is 2. The molecule has 1 aromatic carbocycles. The van der Waals surface area contributed by atoms with Crippen LogP contribution in [0, 0.1) is 0 Å². The maximum atomic E-state index is 11.7. The average molecular weight is 232 g/mol. The molecule has 0 radical (unpaired) electrons. The number of hydrogen-bond acceptors (Lipinski definition) is 2. The van der Waals surface area contributed by atoms with E-state index in [1.807, 2.05) is 37.3 Å². The Labute approximate surface area is 101 Å². The van der Waals surface area contributed by atoms with Gasteiger partial charge >= 0.3 is 11.8 Å². The van der Waals surface area contributed by atoms with Crippen molar-refractivity contribution in [2.24, 2.45) is 0 Å². The molecule has 90 valence electrons. The maximum Gasteiger partial charge on any atom is 0.312 e. The minimum Gasteiger partial charge on any atom is -0.346 e. The number of rotatable bonds is 3. The molecule has 1 saturated heterocycles. The van der Waals surface area contributed by atoms with Gasteiger partial charge in [0.1, 0.15) is 0 Å². The van der Waals surface area contributed by atoms with Crippen LogP contribution in [0.15, 0.2) is 30.3 Å². The first-order chi connectivity index (χ1) is 8.18. The van der Waals surface area contributed by atoms with Crippen LogP contribution < -0.4 is 5.32 Å². The molecule has 4 nitrogen and oxygen atoms in total. The molecule has 0 unspecified atom stereocenters. The highest BCUT2D eigenvalue weighted by Crippen LogP contribution is 2.07. The van der Waals surface area contributed by atoms with Gasteiger partial charge in [-0.1, -0.05) is 30.3 Å². The fourth-order valence-corrected chi connectivity index (χ4v) is 1.97. The second-order valence-corrected chi connectivity index (χ2v) is 4.29. The molecule has 1 aromatic rings. The molecule has 0 saturated carbocycles. The normalized spacial score (nSPS) is 20.3. The fourth-order valence-electron chi connectivity index (χ4n) is 1.97. The quantitative estimate of drug-likeness (QED) is 0.775. The van der Waals surface area contributed by atoms with Gasteiger partial charge in [-0.2, -0.15) is 0 Å². The summed E-state index contributed by atoms with van der Waals surface area (Å²) in [6.07, 6.45) is 0.782. The van der Waals surface area contributed by atoms with Crippen LogP contribution in [0.2, 0.25) is 0 Å². The Balaban J connectivity index is 1.98.